The number of carbonyl (C=O) groups is 1. The van der Waals surface area contributed by atoms with Crippen LogP contribution in [0, 0.1) is 5.82 Å². The number of rotatable bonds is 5. The van der Waals surface area contributed by atoms with Crippen molar-refractivity contribution in [3.05, 3.63) is 46.4 Å². The van der Waals surface area contributed by atoms with Crippen LogP contribution >= 0.6 is 11.3 Å². The molecule has 0 bridgehead atoms. The monoisotopic (exact) mass is 308 g/mol. The minimum absolute atomic E-state index is 0.0646. The van der Waals surface area contributed by atoms with E-state index in [1.165, 1.54) is 18.2 Å². The maximum absolute atomic E-state index is 13.3. The van der Waals surface area contributed by atoms with E-state index < -0.39 is 11.8 Å². The summed E-state index contributed by atoms with van der Waals surface area (Å²) in [6.45, 7) is 4.16. The Hall–Kier alpha value is -2.08. The van der Waals surface area contributed by atoms with E-state index >= 15 is 0 Å². The molecular weight excluding hydrogens is 291 g/mol. The van der Waals surface area contributed by atoms with E-state index in [9.17, 15) is 9.18 Å². The summed E-state index contributed by atoms with van der Waals surface area (Å²) in [5.74, 6) is 0.0114. The smallest absolute Gasteiger partial charge is 0.319 e. The van der Waals surface area contributed by atoms with E-state index in [1.54, 1.807) is 11.3 Å². The van der Waals surface area contributed by atoms with Crippen LogP contribution < -0.4 is 15.4 Å². The first-order valence-corrected chi connectivity index (χ1v) is 7.46. The molecule has 112 valence electrons. The molecule has 4 nitrogen and oxygen atoms in total. The highest BCUT2D eigenvalue weighted by Crippen LogP contribution is 2.26. The topological polar surface area (TPSA) is 50.4 Å². The number of hydrogen-bond donors (Lipinski definition) is 2. The second kappa shape index (κ2) is 7.08. The molecule has 0 fully saturated rings. The van der Waals surface area contributed by atoms with Crippen molar-refractivity contribution in [3.8, 4) is 5.75 Å². The number of urea groups is 1. The summed E-state index contributed by atoms with van der Waals surface area (Å²) in [5, 5.41) is 7.27. The van der Waals surface area contributed by atoms with Crippen LogP contribution in [0.2, 0.25) is 0 Å². The lowest BCUT2D eigenvalue weighted by Gasteiger charge is -2.15. The zero-order valence-corrected chi connectivity index (χ0v) is 12.7. The Kier molecular flexibility index (Phi) is 5.16. The van der Waals surface area contributed by atoms with Gasteiger partial charge >= 0.3 is 6.03 Å². The summed E-state index contributed by atoms with van der Waals surface area (Å²) in [6, 6.07) is 7.49. The molecule has 2 rings (SSSR count). The number of anilines is 1. The third-order valence-corrected chi connectivity index (χ3v) is 3.43. The first-order chi connectivity index (χ1) is 10.0. The molecule has 2 N–H and O–H groups in total. The van der Waals surface area contributed by atoms with Crippen LogP contribution in [0.25, 0.3) is 0 Å². The Balaban J connectivity index is 2.00. The number of benzene rings is 1. The van der Waals surface area contributed by atoms with Gasteiger partial charge in [-0.15, -0.1) is 11.3 Å². The van der Waals surface area contributed by atoms with Crippen molar-refractivity contribution in [2.75, 3.05) is 5.32 Å². The standard InChI is InChI=1S/C15H17FN2O2S/c1-10(2)20-14-6-5-11(16)8-13(14)18-15(19)17-9-12-4-3-7-21-12/h3-8,10H,9H2,1-2H3,(H2,17,18,19). The third-order valence-electron chi connectivity index (χ3n) is 2.56. The highest BCUT2D eigenvalue weighted by molar-refractivity contribution is 7.09. The minimum atomic E-state index is -0.431. The fourth-order valence-electron chi connectivity index (χ4n) is 1.70. The highest BCUT2D eigenvalue weighted by Gasteiger charge is 2.10. The van der Waals surface area contributed by atoms with Crippen LogP contribution in [0.4, 0.5) is 14.9 Å². The van der Waals surface area contributed by atoms with Crippen molar-refractivity contribution in [3.63, 3.8) is 0 Å². The van der Waals surface area contributed by atoms with Crippen molar-refractivity contribution in [1.82, 2.24) is 5.32 Å². The average molecular weight is 308 g/mol. The molecular formula is C15H17FN2O2S. The first-order valence-electron chi connectivity index (χ1n) is 6.58. The van der Waals surface area contributed by atoms with Crippen LogP contribution in [0.1, 0.15) is 18.7 Å². The van der Waals surface area contributed by atoms with E-state index in [2.05, 4.69) is 10.6 Å². The van der Waals surface area contributed by atoms with Gasteiger partial charge in [-0.05, 0) is 37.4 Å². The Morgan fingerprint density at radius 1 is 1.38 bits per heavy atom. The zero-order valence-electron chi connectivity index (χ0n) is 11.9. The normalized spacial score (nSPS) is 10.5. The van der Waals surface area contributed by atoms with Crippen LogP contribution in [-0.4, -0.2) is 12.1 Å². The van der Waals surface area contributed by atoms with Crippen molar-refractivity contribution in [2.24, 2.45) is 0 Å². The van der Waals surface area contributed by atoms with E-state index in [0.717, 1.165) is 4.88 Å². The summed E-state index contributed by atoms with van der Waals surface area (Å²) >= 11 is 1.56. The second-order valence-corrected chi connectivity index (χ2v) is 5.73. The van der Waals surface area contributed by atoms with Crippen molar-refractivity contribution in [2.45, 2.75) is 26.5 Å². The molecule has 0 spiro atoms. The summed E-state index contributed by atoms with van der Waals surface area (Å²) in [4.78, 5) is 12.9. The third kappa shape index (κ3) is 4.75. The molecule has 0 unspecified atom stereocenters. The number of hydrogen-bond acceptors (Lipinski definition) is 3. The van der Waals surface area contributed by atoms with Crippen LogP contribution in [0.15, 0.2) is 35.7 Å². The summed E-state index contributed by atoms with van der Waals surface area (Å²) in [5.41, 5.74) is 0.312. The van der Waals surface area contributed by atoms with E-state index in [1.807, 2.05) is 31.4 Å². The van der Waals surface area contributed by atoms with Gasteiger partial charge in [-0.3, -0.25) is 0 Å². The average Bonchev–Trinajstić information content (AvgIpc) is 2.92. The number of nitrogens with one attached hydrogen (secondary N) is 2. The predicted octanol–water partition coefficient (Wildman–Crippen LogP) is 4.00. The van der Waals surface area contributed by atoms with E-state index in [4.69, 9.17) is 4.74 Å². The Labute approximate surface area is 126 Å². The highest BCUT2D eigenvalue weighted by atomic mass is 32.1. The summed E-state index contributed by atoms with van der Waals surface area (Å²) < 4.78 is 18.9. The lowest BCUT2D eigenvalue weighted by molar-refractivity contribution is 0.241. The van der Waals surface area contributed by atoms with Gasteiger partial charge in [-0.2, -0.15) is 0 Å². The van der Waals surface area contributed by atoms with Crippen molar-refractivity contribution < 1.29 is 13.9 Å². The number of carbonyl (C=O) groups excluding carboxylic acids is 1. The lowest BCUT2D eigenvalue weighted by atomic mass is 10.2. The Bertz CT molecular complexity index is 600. The molecule has 1 aromatic heterocycles. The molecule has 0 aliphatic carbocycles. The van der Waals surface area contributed by atoms with Gasteiger partial charge in [0, 0.05) is 10.9 Å². The Morgan fingerprint density at radius 2 is 2.19 bits per heavy atom. The number of ether oxygens (including phenoxy) is 1. The maximum atomic E-state index is 13.3. The first kappa shape index (κ1) is 15.3. The SMILES string of the molecule is CC(C)Oc1ccc(F)cc1NC(=O)NCc1cccs1. The van der Waals surface area contributed by atoms with E-state index in [0.29, 0.717) is 18.0 Å². The number of amides is 2. The fraction of sp³-hybridized carbons (Fsp3) is 0.267. The predicted molar refractivity (Wildman–Crippen MR) is 82.3 cm³/mol. The van der Waals surface area contributed by atoms with E-state index in [-0.39, 0.29) is 6.10 Å². The molecule has 6 heteroatoms. The summed E-state index contributed by atoms with van der Waals surface area (Å²) in [7, 11) is 0. The van der Waals surface area contributed by atoms with Gasteiger partial charge in [0.05, 0.1) is 18.3 Å². The second-order valence-electron chi connectivity index (χ2n) is 4.69. The fourth-order valence-corrected chi connectivity index (χ4v) is 2.35. The molecule has 0 saturated heterocycles. The Morgan fingerprint density at radius 3 is 2.86 bits per heavy atom. The van der Waals surface area contributed by atoms with Crippen LogP contribution in [-0.2, 0) is 6.54 Å². The maximum Gasteiger partial charge on any atom is 0.319 e. The molecule has 1 aromatic carbocycles. The molecule has 2 amide bonds. The van der Waals surface area contributed by atoms with Crippen molar-refractivity contribution >= 4 is 23.1 Å². The van der Waals surface area contributed by atoms with Crippen molar-refractivity contribution in [1.29, 1.82) is 0 Å². The van der Waals surface area contributed by atoms with Gasteiger partial charge in [0.25, 0.3) is 0 Å². The summed E-state index contributed by atoms with van der Waals surface area (Å²) in [6.07, 6.45) is -0.0646. The molecule has 0 atom stereocenters. The molecule has 0 saturated carbocycles. The molecule has 1 heterocycles. The number of thiophene rings is 1. The van der Waals surface area contributed by atoms with Gasteiger partial charge in [0.1, 0.15) is 11.6 Å². The van der Waals surface area contributed by atoms with Gasteiger partial charge in [0.2, 0.25) is 0 Å². The van der Waals surface area contributed by atoms with Crippen LogP contribution in [0.3, 0.4) is 0 Å². The molecule has 21 heavy (non-hydrogen) atoms. The number of halogens is 1. The largest absolute Gasteiger partial charge is 0.489 e. The van der Waals surface area contributed by atoms with Gasteiger partial charge in [-0.1, -0.05) is 6.07 Å². The van der Waals surface area contributed by atoms with Gasteiger partial charge < -0.3 is 15.4 Å². The molecule has 0 aliphatic rings. The van der Waals surface area contributed by atoms with Gasteiger partial charge in [0.15, 0.2) is 0 Å². The molecule has 2 aromatic rings. The van der Waals surface area contributed by atoms with Gasteiger partial charge in [-0.25, -0.2) is 9.18 Å². The van der Waals surface area contributed by atoms with Crippen LogP contribution in [0.5, 0.6) is 5.75 Å². The molecule has 0 radical (unpaired) electrons. The quantitative estimate of drug-likeness (QED) is 0.877. The zero-order chi connectivity index (χ0) is 15.2. The minimum Gasteiger partial charge on any atom is -0.489 e. The lowest BCUT2D eigenvalue weighted by Crippen LogP contribution is -2.28. The molecule has 0 aliphatic heterocycles.